The molecule has 1 aromatic carbocycles. The lowest BCUT2D eigenvalue weighted by Crippen LogP contribution is -2.17. The molecule has 0 aliphatic heterocycles. The van der Waals surface area contributed by atoms with Crippen molar-refractivity contribution in [2.24, 2.45) is 0 Å². The topological polar surface area (TPSA) is 59.1 Å². The normalized spacial score (nSPS) is 17.4. The van der Waals surface area contributed by atoms with Crippen LogP contribution in [0.3, 0.4) is 0 Å². The van der Waals surface area contributed by atoms with Crippen LogP contribution in [0.4, 0.5) is 5.13 Å². The predicted molar refractivity (Wildman–Crippen MR) is 82.9 cm³/mol. The van der Waals surface area contributed by atoms with E-state index in [1.165, 1.54) is 16.9 Å². The molecule has 5 heteroatoms. The van der Waals surface area contributed by atoms with Crippen molar-refractivity contribution < 1.29 is 9.59 Å². The lowest BCUT2D eigenvalue weighted by Gasteiger charge is -2.20. The van der Waals surface area contributed by atoms with Crippen molar-refractivity contribution in [3.63, 3.8) is 0 Å². The number of amides is 1. The zero-order valence-corrected chi connectivity index (χ0v) is 12.6. The van der Waals surface area contributed by atoms with Gasteiger partial charge in [-0.25, -0.2) is 4.98 Å². The number of hydrogen-bond donors (Lipinski definition) is 1. The largest absolute Gasteiger partial charge is 0.302 e. The van der Waals surface area contributed by atoms with Crippen LogP contribution in [0.5, 0.6) is 0 Å². The van der Waals surface area contributed by atoms with E-state index in [1.54, 1.807) is 6.92 Å². The summed E-state index contributed by atoms with van der Waals surface area (Å²) in [6, 6.07) is 10.1. The molecule has 0 bridgehead atoms. The minimum absolute atomic E-state index is 0.0758. The van der Waals surface area contributed by atoms with Gasteiger partial charge >= 0.3 is 0 Å². The molecule has 21 heavy (non-hydrogen) atoms. The molecule has 0 saturated carbocycles. The quantitative estimate of drug-likeness (QED) is 0.945. The fourth-order valence-corrected chi connectivity index (χ4v) is 3.51. The number of anilines is 1. The highest BCUT2D eigenvalue weighted by Crippen LogP contribution is 2.36. The van der Waals surface area contributed by atoms with E-state index in [-0.39, 0.29) is 17.6 Å². The van der Waals surface area contributed by atoms with Crippen LogP contribution in [0.1, 0.15) is 46.6 Å². The van der Waals surface area contributed by atoms with Crippen LogP contribution in [0.25, 0.3) is 0 Å². The molecule has 2 aromatic rings. The van der Waals surface area contributed by atoms with Gasteiger partial charge in [0, 0.05) is 12.8 Å². The molecule has 1 aliphatic carbocycles. The number of carbonyl (C=O) groups is 2. The zero-order valence-electron chi connectivity index (χ0n) is 11.8. The van der Waals surface area contributed by atoms with Crippen LogP contribution < -0.4 is 5.32 Å². The third-order valence-corrected chi connectivity index (χ3v) is 4.71. The molecule has 108 valence electrons. The summed E-state index contributed by atoms with van der Waals surface area (Å²) in [5, 5.41) is 3.28. The van der Waals surface area contributed by atoms with E-state index >= 15 is 0 Å². The average molecular weight is 300 g/mol. The Morgan fingerprint density at radius 2 is 2.10 bits per heavy atom. The molecule has 1 aliphatic rings. The number of aromatic nitrogens is 1. The average Bonchev–Trinajstić information content (AvgIpc) is 2.91. The second-order valence-electron chi connectivity index (χ2n) is 5.14. The molecule has 4 nitrogen and oxygen atoms in total. The Balaban J connectivity index is 1.85. The maximum Gasteiger partial charge on any atom is 0.225 e. The third-order valence-electron chi connectivity index (χ3n) is 3.66. The fourth-order valence-electron chi connectivity index (χ4n) is 2.55. The zero-order chi connectivity index (χ0) is 14.8. The number of fused-ring (bicyclic) bond motifs is 1. The molecule has 0 saturated heterocycles. The second kappa shape index (κ2) is 5.77. The third kappa shape index (κ3) is 2.88. The van der Waals surface area contributed by atoms with Crippen molar-refractivity contribution in [2.75, 3.05) is 5.32 Å². The van der Waals surface area contributed by atoms with E-state index in [4.69, 9.17) is 0 Å². The van der Waals surface area contributed by atoms with Gasteiger partial charge in [0.15, 0.2) is 10.9 Å². The number of carbonyl (C=O) groups excluding carboxylic acids is 2. The summed E-state index contributed by atoms with van der Waals surface area (Å²) in [6.07, 6.45) is 1.68. The highest BCUT2D eigenvalue weighted by molar-refractivity contribution is 7.17. The molecule has 1 amide bonds. The Morgan fingerprint density at radius 3 is 2.81 bits per heavy atom. The molecule has 0 radical (unpaired) electrons. The number of ketones is 1. The van der Waals surface area contributed by atoms with Gasteiger partial charge in [0.25, 0.3) is 0 Å². The first kappa shape index (κ1) is 13.9. The lowest BCUT2D eigenvalue weighted by atomic mass is 9.85. The number of benzene rings is 1. The smallest absolute Gasteiger partial charge is 0.225 e. The van der Waals surface area contributed by atoms with Crippen LogP contribution in [0, 0.1) is 0 Å². The highest BCUT2D eigenvalue weighted by Gasteiger charge is 2.29. The van der Waals surface area contributed by atoms with Crippen molar-refractivity contribution in [1.82, 2.24) is 4.98 Å². The van der Waals surface area contributed by atoms with Crippen LogP contribution in [0.2, 0.25) is 0 Å². The van der Waals surface area contributed by atoms with E-state index in [2.05, 4.69) is 22.4 Å². The fraction of sp³-hybridized carbons (Fsp3) is 0.312. The standard InChI is InChI=1S/C16H16N2O2S/c1-2-14(20)18-16-17-12-8-11(9-13(19)15(12)21-16)10-6-4-3-5-7-10/h3-7,11H,2,8-9H2,1H3,(H,17,18,20)/t11-/m0/s1. The lowest BCUT2D eigenvalue weighted by molar-refractivity contribution is -0.115. The summed E-state index contributed by atoms with van der Waals surface area (Å²) >= 11 is 1.29. The Bertz CT molecular complexity index is 679. The molecule has 1 heterocycles. The van der Waals surface area contributed by atoms with Gasteiger partial charge in [-0.3, -0.25) is 9.59 Å². The summed E-state index contributed by atoms with van der Waals surface area (Å²) in [6.45, 7) is 1.79. The molecule has 1 atom stereocenters. The predicted octanol–water partition coefficient (Wildman–Crippen LogP) is 3.40. The first-order valence-electron chi connectivity index (χ1n) is 7.05. The monoisotopic (exact) mass is 300 g/mol. The molecule has 0 fully saturated rings. The number of Topliss-reactive ketones (excluding diaryl/α,β-unsaturated/α-hetero) is 1. The Morgan fingerprint density at radius 1 is 1.33 bits per heavy atom. The summed E-state index contributed by atoms with van der Waals surface area (Å²) in [7, 11) is 0. The summed E-state index contributed by atoms with van der Waals surface area (Å²) in [5.74, 6) is 0.232. The second-order valence-corrected chi connectivity index (χ2v) is 6.13. The van der Waals surface area contributed by atoms with Crippen molar-refractivity contribution in [3.05, 3.63) is 46.5 Å². The van der Waals surface area contributed by atoms with Crippen molar-refractivity contribution >= 4 is 28.2 Å². The van der Waals surface area contributed by atoms with E-state index in [1.807, 2.05) is 18.2 Å². The molecule has 1 aromatic heterocycles. The van der Waals surface area contributed by atoms with Crippen LogP contribution in [-0.2, 0) is 11.2 Å². The van der Waals surface area contributed by atoms with Gasteiger partial charge in [0.2, 0.25) is 5.91 Å². The van der Waals surface area contributed by atoms with Gasteiger partial charge in [-0.2, -0.15) is 0 Å². The van der Waals surface area contributed by atoms with Gasteiger partial charge in [-0.05, 0) is 17.9 Å². The number of thiazole rings is 1. The van der Waals surface area contributed by atoms with Gasteiger partial charge in [0.1, 0.15) is 0 Å². The number of hydrogen-bond acceptors (Lipinski definition) is 4. The van der Waals surface area contributed by atoms with Crippen molar-refractivity contribution in [3.8, 4) is 0 Å². The Labute approximate surface area is 127 Å². The summed E-state index contributed by atoms with van der Waals surface area (Å²) in [4.78, 5) is 28.9. The number of nitrogens with zero attached hydrogens (tertiary/aromatic N) is 1. The number of rotatable bonds is 3. The molecule has 0 unspecified atom stereocenters. The van der Waals surface area contributed by atoms with Gasteiger partial charge in [0.05, 0.1) is 10.6 Å². The maximum atomic E-state index is 12.3. The van der Waals surface area contributed by atoms with Crippen molar-refractivity contribution in [2.45, 2.75) is 32.1 Å². The van der Waals surface area contributed by atoms with Gasteiger partial charge in [-0.15, -0.1) is 0 Å². The van der Waals surface area contributed by atoms with Crippen molar-refractivity contribution in [1.29, 1.82) is 0 Å². The minimum Gasteiger partial charge on any atom is -0.302 e. The van der Waals surface area contributed by atoms with Crippen LogP contribution >= 0.6 is 11.3 Å². The highest BCUT2D eigenvalue weighted by atomic mass is 32.1. The van der Waals surface area contributed by atoms with Gasteiger partial charge in [-0.1, -0.05) is 48.6 Å². The number of nitrogens with one attached hydrogen (secondary N) is 1. The first-order valence-corrected chi connectivity index (χ1v) is 7.86. The minimum atomic E-state index is -0.0758. The molecule has 0 spiro atoms. The summed E-state index contributed by atoms with van der Waals surface area (Å²) in [5.41, 5.74) is 1.99. The first-order chi connectivity index (χ1) is 10.2. The molecular weight excluding hydrogens is 284 g/mol. The van der Waals surface area contributed by atoms with E-state index in [0.29, 0.717) is 22.9 Å². The van der Waals surface area contributed by atoms with Gasteiger partial charge < -0.3 is 5.32 Å². The molecule has 1 N–H and O–H groups in total. The summed E-state index contributed by atoms with van der Waals surface area (Å²) < 4.78 is 0. The van der Waals surface area contributed by atoms with Crippen LogP contribution in [-0.4, -0.2) is 16.7 Å². The Hall–Kier alpha value is -2.01. The van der Waals surface area contributed by atoms with E-state index < -0.39 is 0 Å². The SMILES string of the molecule is CCC(=O)Nc1nc2c(s1)C(=O)C[C@@H](c1ccccc1)C2. The van der Waals surface area contributed by atoms with E-state index in [9.17, 15) is 9.59 Å². The molecule has 3 rings (SSSR count). The van der Waals surface area contributed by atoms with Crippen LogP contribution in [0.15, 0.2) is 30.3 Å². The maximum absolute atomic E-state index is 12.3. The van der Waals surface area contributed by atoms with E-state index in [0.717, 1.165) is 12.1 Å². The Kier molecular flexibility index (Phi) is 3.84. The molecular formula is C16H16N2O2S.